The topological polar surface area (TPSA) is 208 Å². The van der Waals surface area contributed by atoms with Crippen LogP contribution in [0.2, 0.25) is 0 Å². The lowest BCUT2D eigenvalue weighted by Gasteiger charge is -2.23. The van der Waals surface area contributed by atoms with Crippen LogP contribution >= 0.6 is 43.2 Å². The van der Waals surface area contributed by atoms with Crippen LogP contribution in [0.4, 0.5) is 0 Å². The van der Waals surface area contributed by atoms with E-state index in [-0.39, 0.29) is 24.1 Å². The lowest BCUT2D eigenvalue weighted by molar-refractivity contribution is -0.106. The quantitative estimate of drug-likeness (QED) is 0.0922. The molecule has 11 aromatic carbocycles. The highest BCUT2D eigenvalue weighted by molar-refractivity contribution is 9.15. The Labute approximate surface area is 705 Å². The van der Waals surface area contributed by atoms with Gasteiger partial charge < -0.3 is 57.6 Å². The van der Waals surface area contributed by atoms with Crippen LogP contribution in [-0.2, 0) is 41.9 Å². The molecule has 5 aliphatic rings. The smallest absolute Gasteiger partial charge is 0.199 e. The first kappa shape index (κ1) is 84.8. The number of phenols is 2. The average Bonchev–Trinajstić information content (AvgIpc) is 1.62. The lowest BCUT2D eigenvalue weighted by Crippen LogP contribution is -2.24. The number of nitrogens with zero attached hydrogens (tertiary/aromatic N) is 1. The third-order valence-electron chi connectivity index (χ3n) is 18.9. The summed E-state index contributed by atoms with van der Waals surface area (Å²) in [6, 6.07) is 77.9. The average molecular weight is 1760 g/mol. The maximum atomic E-state index is 13.5. The molecule has 596 valence electrons. The molecule has 5 unspecified atom stereocenters. The molecule has 12 aromatic rings. The van der Waals surface area contributed by atoms with Crippen LogP contribution in [0, 0.1) is 39.0 Å². The number of aromatic hydroxyl groups is 2. The van der Waals surface area contributed by atoms with Gasteiger partial charge in [0.15, 0.2) is 24.1 Å². The fourth-order valence-electron chi connectivity index (χ4n) is 12.7. The molecule has 17 rings (SSSR count). The van der Waals surface area contributed by atoms with Gasteiger partial charge in [-0.05, 0) is 253 Å². The summed E-state index contributed by atoms with van der Waals surface area (Å²) in [5, 5.41) is 27.1. The van der Waals surface area contributed by atoms with E-state index in [0.717, 1.165) is 134 Å². The molecule has 6 heterocycles. The van der Waals surface area contributed by atoms with Gasteiger partial charge in [-0.2, -0.15) is 5.26 Å². The molecule has 5 aliphatic heterocycles. The zero-order valence-corrected chi connectivity index (χ0v) is 71.9. The monoisotopic (exact) mass is 1760 g/mol. The van der Waals surface area contributed by atoms with Gasteiger partial charge in [-0.15, -0.1) is 11.3 Å². The van der Waals surface area contributed by atoms with Gasteiger partial charge in [0.1, 0.15) is 57.5 Å². The second-order valence-electron chi connectivity index (χ2n) is 27.1. The van der Waals surface area contributed by atoms with Gasteiger partial charge >= 0.3 is 0 Å². The van der Waals surface area contributed by atoms with Crippen molar-refractivity contribution in [3.05, 3.63) is 303 Å². The Morgan fingerprint density at radius 1 is 0.405 bits per heavy atom. The van der Waals surface area contributed by atoms with Crippen molar-refractivity contribution in [2.75, 3.05) is 41.7 Å². The fourth-order valence-corrected chi connectivity index (χ4v) is 20.3. The summed E-state index contributed by atoms with van der Waals surface area (Å²) in [4.78, 5) is 5.54. The fraction of sp³-hybridized carbons (Fsp3) is 0.202. The van der Waals surface area contributed by atoms with Crippen LogP contribution in [-0.4, -0.2) is 77.1 Å². The van der Waals surface area contributed by atoms with Crippen LogP contribution in [0.5, 0.6) is 57.5 Å². The third-order valence-corrected chi connectivity index (χ3v) is 26.9. The first-order valence-corrected chi connectivity index (χ1v) is 43.2. The first-order chi connectivity index (χ1) is 56.2. The van der Waals surface area contributed by atoms with Crippen molar-refractivity contribution in [1.29, 1.82) is 5.26 Å². The summed E-state index contributed by atoms with van der Waals surface area (Å²) in [5.41, 5.74) is 11.2. The number of hydrogen-bond donors (Lipinski definition) is 2. The number of thiophene rings is 1. The van der Waals surface area contributed by atoms with Gasteiger partial charge in [0.05, 0.1) is 110 Å². The van der Waals surface area contributed by atoms with E-state index in [0.29, 0.717) is 54.1 Å². The maximum absolute atomic E-state index is 13.5. The molecule has 16 nitrogen and oxygen atoms in total. The number of phenolic OH excluding ortho intramolecular Hbond substituents is 2. The number of hydrogen-bond acceptors (Lipinski definition) is 17. The molecule has 22 heteroatoms. The Bertz CT molecular complexity index is 5640. The Morgan fingerprint density at radius 3 is 1.11 bits per heavy atom. The van der Waals surface area contributed by atoms with Crippen LogP contribution in [0.25, 0.3) is 51.2 Å². The molecule has 0 radical (unpaired) electrons. The third kappa shape index (κ3) is 21.0. The molecule has 0 aliphatic carbocycles. The minimum Gasteiger partial charge on any atom is -0.508 e. The molecule has 2 N–H and O–H groups in total. The van der Waals surface area contributed by atoms with Crippen LogP contribution in [0.1, 0.15) is 101 Å². The van der Waals surface area contributed by atoms with Crippen LogP contribution in [0.15, 0.2) is 262 Å². The summed E-state index contributed by atoms with van der Waals surface area (Å²) < 4.78 is 99.0. The van der Waals surface area contributed by atoms with E-state index in [4.69, 9.17) is 57.7 Å². The number of methoxy groups -OCH3 is 4. The molecule has 2 saturated heterocycles. The summed E-state index contributed by atoms with van der Waals surface area (Å²) >= 11 is 9.10. The second kappa shape index (κ2) is 40.3. The van der Waals surface area contributed by atoms with Crippen molar-refractivity contribution in [1.82, 2.24) is 0 Å². The highest BCUT2D eigenvalue weighted by atomic mass is 79.9. The lowest BCUT2D eigenvalue weighted by atomic mass is 10.1. The van der Waals surface area contributed by atoms with E-state index < -0.39 is 32.4 Å². The number of rotatable bonds is 16. The maximum Gasteiger partial charge on any atom is 0.199 e. The van der Waals surface area contributed by atoms with E-state index in [2.05, 4.69) is 75.2 Å². The van der Waals surface area contributed by atoms with Gasteiger partial charge in [-0.3, -0.25) is 0 Å². The minimum atomic E-state index is -1.39. The number of benzene rings is 11. The van der Waals surface area contributed by atoms with E-state index >= 15 is 0 Å². The van der Waals surface area contributed by atoms with Gasteiger partial charge in [-0.25, -0.2) is 12.6 Å². The van der Waals surface area contributed by atoms with E-state index in [9.17, 15) is 17.7 Å². The van der Waals surface area contributed by atoms with Gasteiger partial charge in [0, 0.05) is 60.4 Å². The molecule has 1 aromatic heterocycles. The minimum absolute atomic E-state index is 0.117. The molecule has 0 amide bonds. The molecular formula is C94H87Br2NO15S4. The zero-order valence-electron chi connectivity index (χ0n) is 65.4. The number of fused-ring (bicyclic) bond motifs is 4. The van der Waals surface area contributed by atoms with Crippen molar-refractivity contribution < 1.29 is 70.2 Å². The SMILES string of the molecule is CC#N.COc1ccc2c(Br)c(-c3ccc(C)cc3)sc2c1.COc1ccc2c(c1)S(=O)C(c1ccc(C)cc1)=C2Br.COc1ccc2c(c1)S(=O)C(c1ccc(C)cc1)=C2Oc1ccc(O)cc1.COc1ccc2c(c1)S(=O)C(c1ccc(C)cc1)=C2Oc1ccc(OC2CCCCO2)cc1.Oc1ccc(OC2CCCCO2)cc1. The molecule has 5 atom stereocenters. The highest BCUT2D eigenvalue weighted by Gasteiger charge is 2.35. The Hall–Kier alpha value is -10.6. The van der Waals surface area contributed by atoms with Crippen molar-refractivity contribution in [2.24, 2.45) is 0 Å². The van der Waals surface area contributed by atoms with E-state index in [1.807, 2.05) is 172 Å². The number of nitriles is 1. The van der Waals surface area contributed by atoms with Gasteiger partial charge in [0.2, 0.25) is 0 Å². The Balaban J connectivity index is 0.000000136. The standard InChI is InChI=1S/C27H26O5S.C22H18O4S.C16H13BrO2S.C16H13BrOS.C11H14O3.C2H3N/c1-18-6-8-19(9-7-18)27-26(23-15-14-22(29-2)17-24(23)33(27)28)32-21-12-10-20(11-13-21)31-25-5-3-4-16-30-25;1-14-3-5-15(6-4-14)22-21(26-17-9-7-16(23)8-10-17)19-12-11-18(25-2)13-20(19)27(22)24;1-10-3-5-11(6-4-10)16-15(17)13-8-7-12(19-2)9-14(13)20(16)18;1-10-3-5-11(6-4-10)16-15(17)13-8-7-12(18-2)9-14(13)19-16;12-9-4-6-10(7-5-9)14-11-3-1-2-8-13-11;1-2-3/h6-15,17,25H,3-5,16H2,1-2H3;3-13,23H,1-2H3;3-9H,1-2H3;3-9H,1-2H3;4-7,11-12H,1-3,8H2;1H3. The number of aryl methyl sites for hydroxylation is 4. The largest absolute Gasteiger partial charge is 0.508 e. The Morgan fingerprint density at radius 2 is 0.724 bits per heavy atom. The van der Waals surface area contributed by atoms with Crippen molar-refractivity contribution >= 4 is 116 Å². The molecule has 2 fully saturated rings. The van der Waals surface area contributed by atoms with E-state index in [1.54, 1.807) is 100 Å². The second-order valence-corrected chi connectivity index (χ2v) is 33.9. The normalized spacial score (nSPS) is 16.7. The van der Waals surface area contributed by atoms with Crippen LogP contribution < -0.4 is 37.9 Å². The summed E-state index contributed by atoms with van der Waals surface area (Å²) in [6.07, 6.45) is 6.01. The number of halogens is 2. The highest BCUT2D eigenvalue weighted by Crippen LogP contribution is 2.49. The van der Waals surface area contributed by atoms with Gasteiger partial charge in [0.25, 0.3) is 0 Å². The first-order valence-electron chi connectivity index (χ1n) is 37.4. The predicted molar refractivity (Wildman–Crippen MR) is 471 cm³/mol. The van der Waals surface area contributed by atoms with Gasteiger partial charge in [-0.1, -0.05) is 119 Å². The summed E-state index contributed by atoms with van der Waals surface area (Å²) in [7, 11) is 2.55. The molecule has 116 heavy (non-hydrogen) atoms. The molecular weight excluding hydrogens is 1670 g/mol. The summed E-state index contributed by atoms with van der Waals surface area (Å²) in [5.74, 6) is 7.20. The molecule has 0 spiro atoms. The summed E-state index contributed by atoms with van der Waals surface area (Å²) in [6.45, 7) is 11.1. The number of ether oxygens (including phenoxy) is 10. The van der Waals surface area contributed by atoms with Crippen molar-refractivity contribution in [2.45, 2.75) is 100 Å². The van der Waals surface area contributed by atoms with Crippen molar-refractivity contribution in [3.63, 3.8) is 0 Å². The van der Waals surface area contributed by atoms with Crippen molar-refractivity contribution in [3.8, 4) is 74.0 Å². The molecule has 0 saturated carbocycles. The predicted octanol–water partition coefficient (Wildman–Crippen LogP) is 23.5. The Kier molecular flexibility index (Phi) is 29.5. The zero-order chi connectivity index (χ0) is 81.9. The van der Waals surface area contributed by atoms with E-state index in [1.165, 1.54) is 43.1 Å². The van der Waals surface area contributed by atoms with Crippen LogP contribution in [0.3, 0.4) is 0 Å². The molecule has 0 bridgehead atoms.